The highest BCUT2D eigenvalue weighted by molar-refractivity contribution is 7.80. The van der Waals surface area contributed by atoms with E-state index in [1.807, 2.05) is 6.08 Å². The van der Waals surface area contributed by atoms with Crippen LogP contribution in [0.5, 0.6) is 0 Å². The summed E-state index contributed by atoms with van der Waals surface area (Å²) in [6.07, 6.45) is 17.8. The Morgan fingerprint density at radius 1 is 1.29 bits per heavy atom. The first-order valence-electron chi connectivity index (χ1n) is 5.64. The van der Waals surface area contributed by atoms with Gasteiger partial charge in [0.25, 0.3) is 0 Å². The Bertz CT molecular complexity index is 621. The maximum atomic E-state index is 4.49. The van der Waals surface area contributed by atoms with Gasteiger partial charge in [-0.15, -0.1) is 12.6 Å². The average Bonchev–Trinajstić information content (AvgIpc) is 2.86. The second-order valence-corrected chi connectivity index (χ2v) is 4.83. The van der Waals surface area contributed by atoms with E-state index in [4.69, 9.17) is 0 Å². The first-order valence-corrected chi connectivity index (χ1v) is 6.08. The molecule has 3 aliphatic rings. The van der Waals surface area contributed by atoms with Crippen molar-refractivity contribution in [2.75, 3.05) is 4.90 Å². The van der Waals surface area contributed by atoms with Crippen molar-refractivity contribution >= 4 is 24.3 Å². The van der Waals surface area contributed by atoms with Crippen LogP contribution in [0.4, 0.5) is 5.95 Å². The van der Waals surface area contributed by atoms with Gasteiger partial charge in [0.1, 0.15) is 5.54 Å². The maximum Gasteiger partial charge on any atom is 0.216 e. The van der Waals surface area contributed by atoms with Gasteiger partial charge in [-0.25, -0.2) is 4.98 Å². The third-order valence-electron chi connectivity index (χ3n) is 3.51. The zero-order chi connectivity index (χ0) is 11.5. The average molecular weight is 241 g/mol. The van der Waals surface area contributed by atoms with Crippen LogP contribution >= 0.6 is 12.6 Å². The second-order valence-electron chi connectivity index (χ2n) is 4.38. The molecule has 0 aromatic carbocycles. The maximum absolute atomic E-state index is 4.49. The van der Waals surface area contributed by atoms with Crippen LogP contribution < -0.4 is 4.90 Å². The van der Waals surface area contributed by atoms with Crippen LogP contribution in [-0.2, 0) is 0 Å². The molecule has 0 saturated heterocycles. The Labute approximate surface area is 105 Å². The minimum absolute atomic E-state index is 0.186. The Morgan fingerprint density at radius 2 is 2.24 bits per heavy atom. The van der Waals surface area contributed by atoms with Gasteiger partial charge in [-0.1, -0.05) is 24.3 Å². The van der Waals surface area contributed by atoms with Crippen molar-refractivity contribution in [2.45, 2.75) is 17.0 Å². The fraction of sp³-hybridized carbons (Fsp3) is 0.154. The van der Waals surface area contributed by atoms with E-state index in [0.29, 0.717) is 0 Å². The van der Waals surface area contributed by atoms with Gasteiger partial charge in [0.2, 0.25) is 5.95 Å². The predicted octanol–water partition coefficient (Wildman–Crippen LogP) is 2.61. The molecular weight excluding hydrogens is 230 g/mol. The summed E-state index contributed by atoms with van der Waals surface area (Å²) in [4.78, 5) is 6.64. The largest absolute Gasteiger partial charge is 0.300 e. The number of thiol groups is 1. The summed E-state index contributed by atoms with van der Waals surface area (Å²) in [6.45, 7) is 0. The number of nitrogens with zero attached hydrogens (tertiary/aromatic N) is 3. The van der Waals surface area contributed by atoms with Crippen molar-refractivity contribution in [1.82, 2.24) is 9.55 Å². The number of fused-ring (bicyclic) bond motifs is 3. The van der Waals surface area contributed by atoms with E-state index in [1.54, 1.807) is 6.20 Å². The van der Waals surface area contributed by atoms with E-state index in [1.165, 1.54) is 5.70 Å². The van der Waals surface area contributed by atoms with Crippen LogP contribution in [0.1, 0.15) is 6.42 Å². The molecule has 0 bridgehead atoms. The van der Waals surface area contributed by atoms with Gasteiger partial charge in [-0.05, 0) is 18.6 Å². The molecule has 0 N–H and O–H groups in total. The highest BCUT2D eigenvalue weighted by Crippen LogP contribution is 2.47. The van der Waals surface area contributed by atoms with Crippen LogP contribution in [0.3, 0.4) is 0 Å². The molecule has 84 valence electrons. The molecule has 1 atom stereocenters. The molecule has 0 amide bonds. The molecule has 3 nitrogen and oxygen atoms in total. The zero-order valence-electron chi connectivity index (χ0n) is 9.11. The highest BCUT2D eigenvalue weighted by Gasteiger charge is 2.46. The number of rotatable bonds is 0. The van der Waals surface area contributed by atoms with Crippen molar-refractivity contribution in [3.63, 3.8) is 0 Å². The molecule has 0 fully saturated rings. The third kappa shape index (κ3) is 0.971. The molecule has 4 heteroatoms. The van der Waals surface area contributed by atoms with Crippen molar-refractivity contribution in [1.29, 1.82) is 0 Å². The molecule has 1 aromatic rings. The van der Waals surface area contributed by atoms with E-state index in [-0.39, 0.29) is 5.54 Å². The van der Waals surface area contributed by atoms with Gasteiger partial charge in [0.15, 0.2) is 0 Å². The molecule has 0 radical (unpaired) electrons. The summed E-state index contributed by atoms with van der Waals surface area (Å²) >= 11 is 4.49. The molecule has 1 aliphatic carbocycles. The number of allylic oxidation sites excluding steroid dienone is 4. The summed E-state index contributed by atoms with van der Waals surface area (Å²) in [7, 11) is 0. The summed E-state index contributed by atoms with van der Waals surface area (Å²) < 4.78 is 2.12. The van der Waals surface area contributed by atoms with Gasteiger partial charge in [0.05, 0.1) is 16.9 Å². The Kier molecular flexibility index (Phi) is 1.63. The smallest absolute Gasteiger partial charge is 0.216 e. The minimum atomic E-state index is -0.186. The number of anilines is 1. The monoisotopic (exact) mass is 241 g/mol. The van der Waals surface area contributed by atoms with E-state index in [2.05, 4.69) is 63.7 Å². The quantitative estimate of drug-likeness (QED) is 0.557. The molecule has 17 heavy (non-hydrogen) atoms. The summed E-state index contributed by atoms with van der Waals surface area (Å²) in [5.41, 5.74) is 1.05. The zero-order valence-corrected chi connectivity index (χ0v) is 10.0. The lowest BCUT2D eigenvalue weighted by Gasteiger charge is -2.35. The van der Waals surface area contributed by atoms with E-state index in [0.717, 1.165) is 17.4 Å². The number of hydrogen-bond donors (Lipinski definition) is 1. The first-order chi connectivity index (χ1) is 8.33. The predicted molar refractivity (Wildman–Crippen MR) is 71.0 cm³/mol. The lowest BCUT2D eigenvalue weighted by Crippen LogP contribution is -2.41. The normalized spacial score (nSPS) is 27.8. The first kappa shape index (κ1) is 9.36. The van der Waals surface area contributed by atoms with Crippen molar-refractivity contribution in [3.05, 3.63) is 48.9 Å². The molecule has 3 heterocycles. The van der Waals surface area contributed by atoms with Gasteiger partial charge in [0, 0.05) is 6.20 Å². The Balaban J connectivity index is 2.06. The number of aromatic nitrogens is 2. The summed E-state index contributed by atoms with van der Waals surface area (Å²) in [5.74, 6) is 0.938. The van der Waals surface area contributed by atoms with E-state index in [9.17, 15) is 0 Å². The molecule has 1 aromatic heterocycles. The SMILES string of the molecule is Sc1cnc2n1C1=CCC=CC13C=CC=CN23. The Morgan fingerprint density at radius 3 is 3.18 bits per heavy atom. The fourth-order valence-electron chi connectivity index (χ4n) is 2.80. The molecular formula is C13H11N3S. The van der Waals surface area contributed by atoms with Gasteiger partial charge in [-0.2, -0.15) is 0 Å². The van der Waals surface area contributed by atoms with Gasteiger partial charge in [-0.3, -0.25) is 9.47 Å². The third-order valence-corrected chi connectivity index (χ3v) is 3.82. The lowest BCUT2D eigenvalue weighted by atomic mass is 9.88. The van der Waals surface area contributed by atoms with Gasteiger partial charge >= 0.3 is 0 Å². The van der Waals surface area contributed by atoms with Crippen LogP contribution in [-0.4, -0.2) is 15.1 Å². The van der Waals surface area contributed by atoms with Crippen LogP contribution in [0.15, 0.2) is 53.9 Å². The van der Waals surface area contributed by atoms with Crippen LogP contribution in [0, 0.1) is 0 Å². The standard InChI is InChI=1S/C13H11N3S/c17-11-9-14-12-15-8-4-3-7-13(15)6-2-1-5-10(13)16(11)12/h2-9,17H,1H2. The van der Waals surface area contributed by atoms with Crippen molar-refractivity contribution in [2.24, 2.45) is 0 Å². The number of imidazole rings is 1. The molecule has 1 unspecified atom stereocenters. The molecule has 1 spiro atoms. The summed E-state index contributed by atoms with van der Waals surface area (Å²) in [6, 6.07) is 0. The van der Waals surface area contributed by atoms with Crippen molar-refractivity contribution in [3.8, 4) is 0 Å². The van der Waals surface area contributed by atoms with Crippen LogP contribution in [0.2, 0.25) is 0 Å². The van der Waals surface area contributed by atoms with E-state index >= 15 is 0 Å². The van der Waals surface area contributed by atoms with Crippen molar-refractivity contribution < 1.29 is 0 Å². The molecule has 4 rings (SSSR count). The topological polar surface area (TPSA) is 21.1 Å². The van der Waals surface area contributed by atoms with Gasteiger partial charge < -0.3 is 0 Å². The Hall–Kier alpha value is -1.68. The second kappa shape index (κ2) is 2.96. The highest BCUT2D eigenvalue weighted by atomic mass is 32.1. The molecule has 2 aliphatic heterocycles. The van der Waals surface area contributed by atoms with E-state index < -0.39 is 0 Å². The fourth-order valence-corrected chi connectivity index (χ4v) is 3.05. The van der Waals surface area contributed by atoms with Crippen LogP contribution in [0.25, 0.3) is 5.70 Å². The lowest BCUT2D eigenvalue weighted by molar-refractivity contribution is 0.780. The molecule has 0 saturated carbocycles. The number of hydrogen-bond acceptors (Lipinski definition) is 3. The minimum Gasteiger partial charge on any atom is -0.300 e. The summed E-state index contributed by atoms with van der Waals surface area (Å²) in [5, 5.41) is 0.886.